The van der Waals surface area contributed by atoms with Crippen molar-refractivity contribution in [3.8, 4) is 0 Å². The summed E-state index contributed by atoms with van der Waals surface area (Å²) in [5, 5.41) is 10.2. The fourth-order valence-corrected chi connectivity index (χ4v) is 1.73. The van der Waals surface area contributed by atoms with Crippen LogP contribution >= 0.6 is 22.6 Å². The Morgan fingerprint density at radius 2 is 2.25 bits per heavy atom. The molecule has 0 radical (unpaired) electrons. The van der Waals surface area contributed by atoms with Gasteiger partial charge >= 0.3 is 0 Å². The number of nitrogens with zero attached hydrogens (tertiary/aromatic N) is 2. The van der Waals surface area contributed by atoms with Gasteiger partial charge in [0.15, 0.2) is 0 Å². The van der Waals surface area contributed by atoms with Gasteiger partial charge in [-0.1, -0.05) is 11.3 Å². The van der Waals surface area contributed by atoms with Crippen molar-refractivity contribution >= 4 is 33.5 Å². The highest BCUT2D eigenvalue weighted by atomic mass is 127. The van der Waals surface area contributed by atoms with E-state index in [4.69, 9.17) is 0 Å². The molecule has 2 rings (SSSR count). The largest absolute Gasteiger partial charge is 0.276 e. The lowest BCUT2D eigenvalue weighted by Crippen LogP contribution is -2.10. The van der Waals surface area contributed by atoms with Gasteiger partial charge in [-0.2, -0.15) is 0 Å². The van der Waals surface area contributed by atoms with Crippen LogP contribution in [0.4, 0.5) is 0 Å². The van der Waals surface area contributed by atoms with Crippen LogP contribution in [0, 0.1) is 3.57 Å². The normalized spacial score (nSPS) is 10.4. The van der Waals surface area contributed by atoms with E-state index >= 15 is 0 Å². The number of nitrogens with one attached hydrogen (secondary N) is 1. The zero-order valence-corrected chi connectivity index (χ0v) is 8.07. The topological polar surface area (TPSA) is 58.6 Å². The van der Waals surface area contributed by atoms with Gasteiger partial charge in [-0.3, -0.25) is 4.79 Å². The zero-order chi connectivity index (χ0) is 8.55. The van der Waals surface area contributed by atoms with Gasteiger partial charge in [0.1, 0.15) is 5.52 Å². The summed E-state index contributed by atoms with van der Waals surface area (Å²) >= 11 is 2.10. The molecule has 0 unspecified atom stereocenters. The first-order valence-corrected chi connectivity index (χ1v) is 4.36. The first-order chi connectivity index (χ1) is 5.79. The van der Waals surface area contributed by atoms with E-state index in [1.54, 1.807) is 6.07 Å². The second-order valence-electron chi connectivity index (χ2n) is 2.27. The minimum Gasteiger partial charge on any atom is -0.267 e. The average molecular weight is 273 g/mol. The summed E-state index contributed by atoms with van der Waals surface area (Å²) in [6, 6.07) is 5.47. The van der Waals surface area contributed by atoms with Crippen molar-refractivity contribution in [2.45, 2.75) is 0 Å². The molecular formula is C7H4IN3O. The van der Waals surface area contributed by atoms with Crippen LogP contribution in [-0.4, -0.2) is 15.4 Å². The van der Waals surface area contributed by atoms with E-state index in [1.165, 1.54) is 0 Å². The highest BCUT2D eigenvalue weighted by Crippen LogP contribution is 2.12. The molecule has 0 aliphatic carbocycles. The molecule has 0 atom stereocenters. The zero-order valence-electron chi connectivity index (χ0n) is 5.91. The summed E-state index contributed by atoms with van der Waals surface area (Å²) in [5.41, 5.74) is 0.440. The number of H-pyrrole nitrogens is 1. The summed E-state index contributed by atoms with van der Waals surface area (Å²) in [4.78, 5) is 11.2. The fourth-order valence-electron chi connectivity index (χ4n) is 1.00. The van der Waals surface area contributed by atoms with Crippen LogP contribution in [0.3, 0.4) is 0 Å². The molecule has 5 heteroatoms. The Morgan fingerprint density at radius 1 is 1.42 bits per heavy atom. The summed E-state index contributed by atoms with van der Waals surface area (Å²) in [5.74, 6) is 0. The Labute approximate surface area is 81.1 Å². The van der Waals surface area contributed by atoms with Gasteiger partial charge in [0.05, 0.1) is 5.39 Å². The van der Waals surface area contributed by atoms with E-state index < -0.39 is 0 Å². The standard InChI is InChI=1S/C7H4IN3O/c8-4-2-1-3-5-6(4)7(12)10-11-9-5/h1-3H,(H,9,10,12). The van der Waals surface area contributed by atoms with Crippen LogP contribution in [0.1, 0.15) is 0 Å². The van der Waals surface area contributed by atoms with Crippen molar-refractivity contribution in [1.29, 1.82) is 0 Å². The summed E-state index contributed by atoms with van der Waals surface area (Å²) in [6.07, 6.45) is 0. The number of benzene rings is 1. The van der Waals surface area contributed by atoms with Crippen molar-refractivity contribution in [1.82, 2.24) is 15.4 Å². The molecule has 4 nitrogen and oxygen atoms in total. The molecule has 1 aromatic heterocycles. The van der Waals surface area contributed by atoms with Crippen molar-refractivity contribution in [3.63, 3.8) is 0 Å². The second kappa shape index (κ2) is 2.81. The Bertz CT molecular complexity index is 474. The van der Waals surface area contributed by atoms with Crippen molar-refractivity contribution in [3.05, 3.63) is 32.1 Å². The van der Waals surface area contributed by atoms with Gasteiger partial charge in [0, 0.05) is 3.57 Å². The maximum atomic E-state index is 11.2. The van der Waals surface area contributed by atoms with E-state index in [0.29, 0.717) is 10.9 Å². The molecule has 0 aliphatic heterocycles. The molecule has 0 spiro atoms. The predicted octanol–water partition coefficient (Wildman–Crippen LogP) is 0.923. The Balaban J connectivity index is 3.07. The van der Waals surface area contributed by atoms with E-state index in [2.05, 4.69) is 38.0 Å². The highest BCUT2D eigenvalue weighted by molar-refractivity contribution is 14.1. The van der Waals surface area contributed by atoms with Crippen LogP contribution < -0.4 is 5.56 Å². The number of hydrogen-bond acceptors (Lipinski definition) is 3. The predicted molar refractivity (Wildman–Crippen MR) is 52.9 cm³/mol. The van der Waals surface area contributed by atoms with Gasteiger partial charge < -0.3 is 0 Å². The van der Waals surface area contributed by atoms with E-state index in [1.807, 2.05) is 12.1 Å². The van der Waals surface area contributed by atoms with Gasteiger partial charge in [0.2, 0.25) is 0 Å². The molecule has 1 aromatic carbocycles. The smallest absolute Gasteiger partial charge is 0.267 e. The summed E-state index contributed by atoms with van der Waals surface area (Å²) < 4.78 is 0.890. The third kappa shape index (κ3) is 1.09. The number of halogens is 1. The fraction of sp³-hybridized carbons (Fsp3) is 0. The van der Waals surface area contributed by atoms with Gasteiger partial charge in [-0.05, 0) is 34.7 Å². The van der Waals surface area contributed by atoms with Crippen molar-refractivity contribution < 1.29 is 0 Å². The molecule has 1 heterocycles. The molecule has 2 aromatic rings. The third-order valence-corrected chi connectivity index (χ3v) is 2.43. The minimum absolute atomic E-state index is 0.190. The van der Waals surface area contributed by atoms with Crippen LogP contribution in [-0.2, 0) is 0 Å². The Kier molecular flexibility index (Phi) is 1.80. The molecule has 1 N–H and O–H groups in total. The van der Waals surface area contributed by atoms with Crippen molar-refractivity contribution in [2.75, 3.05) is 0 Å². The molecular weight excluding hydrogens is 269 g/mol. The highest BCUT2D eigenvalue weighted by Gasteiger charge is 2.02. The maximum absolute atomic E-state index is 11.2. The minimum atomic E-state index is -0.190. The molecule has 0 fully saturated rings. The van der Waals surface area contributed by atoms with E-state index in [9.17, 15) is 4.79 Å². The number of fused-ring (bicyclic) bond motifs is 1. The lowest BCUT2D eigenvalue weighted by Gasteiger charge is -1.94. The summed E-state index contributed by atoms with van der Waals surface area (Å²) in [6.45, 7) is 0. The van der Waals surface area contributed by atoms with Gasteiger partial charge in [0.25, 0.3) is 5.56 Å². The molecule has 60 valence electrons. The molecule has 0 saturated heterocycles. The number of hydrogen-bond donors (Lipinski definition) is 1. The summed E-state index contributed by atoms with van der Waals surface area (Å²) in [7, 11) is 0. The molecule has 12 heavy (non-hydrogen) atoms. The second-order valence-corrected chi connectivity index (χ2v) is 3.44. The SMILES string of the molecule is O=c1[nH]nnc2cccc(I)c12. The number of aromatic amines is 1. The van der Waals surface area contributed by atoms with Crippen LogP contribution in [0.15, 0.2) is 23.0 Å². The first kappa shape index (κ1) is 7.66. The first-order valence-electron chi connectivity index (χ1n) is 3.28. The molecule has 0 saturated carbocycles. The lowest BCUT2D eigenvalue weighted by molar-refractivity contribution is 0.872. The molecule has 0 amide bonds. The number of rotatable bonds is 0. The van der Waals surface area contributed by atoms with Crippen LogP contribution in [0.25, 0.3) is 10.9 Å². The maximum Gasteiger partial charge on any atom is 0.276 e. The van der Waals surface area contributed by atoms with Crippen LogP contribution in [0.2, 0.25) is 0 Å². The Morgan fingerprint density at radius 3 is 3.00 bits per heavy atom. The van der Waals surface area contributed by atoms with Gasteiger partial charge in [-0.25, -0.2) is 5.10 Å². The van der Waals surface area contributed by atoms with E-state index in [-0.39, 0.29) is 5.56 Å². The quantitative estimate of drug-likeness (QED) is 0.726. The monoisotopic (exact) mass is 273 g/mol. The molecule has 0 aliphatic rings. The van der Waals surface area contributed by atoms with Gasteiger partial charge in [-0.15, -0.1) is 5.10 Å². The Hall–Kier alpha value is -0.980. The number of aromatic nitrogens is 3. The average Bonchev–Trinajstić information content (AvgIpc) is 2.04. The van der Waals surface area contributed by atoms with Crippen molar-refractivity contribution in [2.24, 2.45) is 0 Å². The lowest BCUT2D eigenvalue weighted by atomic mass is 10.2. The third-order valence-electron chi connectivity index (χ3n) is 1.53. The van der Waals surface area contributed by atoms with Crippen LogP contribution in [0.5, 0.6) is 0 Å². The molecule has 0 bridgehead atoms. The van der Waals surface area contributed by atoms with E-state index in [0.717, 1.165) is 3.57 Å².